The van der Waals surface area contributed by atoms with Gasteiger partial charge in [-0.25, -0.2) is 14.2 Å². The summed E-state index contributed by atoms with van der Waals surface area (Å²) in [5, 5.41) is 0. The smallest absolute Gasteiger partial charge is 0.333 e. The minimum absolute atomic E-state index is 0.251. The summed E-state index contributed by atoms with van der Waals surface area (Å²) < 4.78 is 25.9. The number of hydrogen-bond acceptors (Lipinski definition) is 5. The highest BCUT2D eigenvalue weighted by molar-refractivity contribution is 6.00. The minimum Gasteiger partial charge on any atom is -0.495 e. The van der Waals surface area contributed by atoms with E-state index in [1.165, 1.54) is 36.3 Å². The van der Waals surface area contributed by atoms with Crippen LogP contribution in [0.2, 0.25) is 0 Å². The molecular weight excluding hydrogens is 437 g/mol. The van der Waals surface area contributed by atoms with Gasteiger partial charge in [0.15, 0.2) is 6.04 Å². The summed E-state index contributed by atoms with van der Waals surface area (Å²) in [6.07, 6.45) is 6.71. The fourth-order valence-corrected chi connectivity index (χ4v) is 4.16. The molecule has 0 radical (unpaired) electrons. The number of aryl methyl sites for hydroxylation is 1. The third-order valence-corrected chi connectivity index (χ3v) is 5.84. The summed E-state index contributed by atoms with van der Waals surface area (Å²) in [5.74, 6) is -0.589. The molecule has 1 fully saturated rings. The number of esters is 1. The normalized spacial score (nSPS) is 15.9. The summed E-state index contributed by atoms with van der Waals surface area (Å²) in [7, 11) is 2.87. The summed E-state index contributed by atoms with van der Waals surface area (Å²) in [4.78, 5) is 31.8. The van der Waals surface area contributed by atoms with Crippen LogP contribution in [-0.2, 0) is 14.3 Å². The van der Waals surface area contributed by atoms with E-state index in [9.17, 15) is 14.0 Å². The molecule has 3 aromatic rings. The van der Waals surface area contributed by atoms with E-state index in [1.54, 1.807) is 13.4 Å². The summed E-state index contributed by atoms with van der Waals surface area (Å²) in [6.45, 7) is 2.31. The number of carbonyl (C=O) groups excluding carboxylic acids is 2. The number of likely N-dealkylation sites (tertiary alicyclic amines) is 1. The predicted molar refractivity (Wildman–Crippen MR) is 125 cm³/mol. The predicted octanol–water partition coefficient (Wildman–Crippen LogP) is 4.25. The number of methoxy groups -OCH3 is 2. The molecule has 0 aliphatic carbocycles. The van der Waals surface area contributed by atoms with E-state index in [2.05, 4.69) is 4.98 Å². The third-order valence-electron chi connectivity index (χ3n) is 5.84. The lowest BCUT2D eigenvalue weighted by Crippen LogP contribution is -2.43. The third kappa shape index (κ3) is 4.71. The van der Waals surface area contributed by atoms with Gasteiger partial charge in [-0.2, -0.15) is 0 Å². The Hall–Kier alpha value is -3.94. The Balaban J connectivity index is 1.65. The number of aromatic nitrogens is 2. The standard InChI is InChI=1S/C26H26FN3O4/c1-17-15-29(16-28-17)22-11-6-18(14-23(22)33-2)13-20-5-4-12-30(25(20)31)24(26(32)34-3)19-7-9-21(27)10-8-19/h6-11,13-16,24H,4-5,12H2,1-3H3. The van der Waals surface area contributed by atoms with Crippen molar-refractivity contribution >= 4 is 18.0 Å². The number of ether oxygens (including phenoxy) is 2. The molecular formula is C26H26FN3O4. The molecule has 0 spiro atoms. The van der Waals surface area contributed by atoms with Crippen LogP contribution in [0.4, 0.5) is 4.39 Å². The van der Waals surface area contributed by atoms with Gasteiger partial charge in [0.25, 0.3) is 5.91 Å². The van der Waals surface area contributed by atoms with Gasteiger partial charge in [0.1, 0.15) is 11.6 Å². The molecule has 1 atom stereocenters. The van der Waals surface area contributed by atoms with Gasteiger partial charge in [-0.15, -0.1) is 0 Å². The van der Waals surface area contributed by atoms with Crippen LogP contribution in [-0.4, -0.2) is 47.1 Å². The molecule has 176 valence electrons. The van der Waals surface area contributed by atoms with Crippen molar-refractivity contribution in [3.63, 3.8) is 0 Å². The van der Waals surface area contributed by atoms with Crippen LogP contribution < -0.4 is 4.74 Å². The van der Waals surface area contributed by atoms with E-state index < -0.39 is 17.8 Å². The van der Waals surface area contributed by atoms with Crippen LogP contribution in [0.15, 0.2) is 60.6 Å². The van der Waals surface area contributed by atoms with Crippen LogP contribution in [0.25, 0.3) is 11.8 Å². The van der Waals surface area contributed by atoms with Crippen molar-refractivity contribution in [2.75, 3.05) is 20.8 Å². The maximum Gasteiger partial charge on any atom is 0.333 e. The molecule has 0 N–H and O–H groups in total. The fourth-order valence-electron chi connectivity index (χ4n) is 4.16. The lowest BCUT2D eigenvalue weighted by Gasteiger charge is -2.34. The molecule has 1 amide bonds. The van der Waals surface area contributed by atoms with Crippen molar-refractivity contribution in [1.29, 1.82) is 0 Å². The zero-order chi connectivity index (χ0) is 24.2. The van der Waals surface area contributed by atoms with E-state index in [1.807, 2.05) is 42.0 Å². The number of nitrogens with zero attached hydrogens (tertiary/aromatic N) is 3. The molecule has 7 nitrogen and oxygen atoms in total. The second kappa shape index (κ2) is 9.91. The molecule has 1 aromatic heterocycles. The lowest BCUT2D eigenvalue weighted by atomic mass is 9.96. The van der Waals surface area contributed by atoms with Gasteiger partial charge >= 0.3 is 5.97 Å². The van der Waals surface area contributed by atoms with Gasteiger partial charge < -0.3 is 18.9 Å². The maximum atomic E-state index is 13.4. The summed E-state index contributed by atoms with van der Waals surface area (Å²) in [5.41, 5.74) is 3.62. The lowest BCUT2D eigenvalue weighted by molar-refractivity contribution is -0.152. The van der Waals surface area contributed by atoms with Crippen molar-refractivity contribution in [1.82, 2.24) is 14.5 Å². The van der Waals surface area contributed by atoms with E-state index in [4.69, 9.17) is 9.47 Å². The average Bonchev–Trinajstić information content (AvgIpc) is 3.28. The Kier molecular flexibility index (Phi) is 6.77. The van der Waals surface area contributed by atoms with Crippen LogP contribution in [0, 0.1) is 12.7 Å². The van der Waals surface area contributed by atoms with E-state index in [0.717, 1.165) is 16.9 Å². The molecule has 1 aliphatic heterocycles. The minimum atomic E-state index is -0.941. The molecule has 2 heterocycles. The van der Waals surface area contributed by atoms with Gasteiger partial charge in [0.05, 0.1) is 31.9 Å². The van der Waals surface area contributed by atoms with Crippen LogP contribution >= 0.6 is 0 Å². The van der Waals surface area contributed by atoms with Crippen LogP contribution in [0.1, 0.15) is 35.7 Å². The van der Waals surface area contributed by atoms with Crippen LogP contribution in [0.3, 0.4) is 0 Å². The summed E-state index contributed by atoms with van der Waals surface area (Å²) in [6, 6.07) is 10.3. The number of imidazole rings is 1. The van der Waals surface area contributed by atoms with Gasteiger partial charge in [-0.1, -0.05) is 18.2 Å². The first-order valence-electron chi connectivity index (χ1n) is 10.9. The first-order chi connectivity index (χ1) is 16.4. The Morgan fingerprint density at radius 2 is 1.94 bits per heavy atom. The number of carbonyl (C=O) groups is 2. The molecule has 1 unspecified atom stereocenters. The molecule has 0 bridgehead atoms. The second-order valence-electron chi connectivity index (χ2n) is 8.10. The Labute approximate surface area is 197 Å². The van der Waals surface area contributed by atoms with Gasteiger partial charge in [-0.05, 0) is 61.2 Å². The largest absolute Gasteiger partial charge is 0.495 e. The molecule has 1 aliphatic rings. The Bertz CT molecular complexity index is 1230. The molecule has 0 saturated carbocycles. The molecule has 4 rings (SSSR count). The highest BCUT2D eigenvalue weighted by Crippen LogP contribution is 2.31. The number of benzene rings is 2. The molecule has 8 heteroatoms. The monoisotopic (exact) mass is 463 g/mol. The number of piperidine rings is 1. The fraction of sp³-hybridized carbons (Fsp3) is 0.269. The van der Waals surface area contributed by atoms with Crippen molar-refractivity contribution in [3.05, 3.63) is 83.2 Å². The zero-order valence-corrected chi connectivity index (χ0v) is 19.3. The van der Waals surface area contributed by atoms with Gasteiger partial charge in [-0.3, -0.25) is 4.79 Å². The average molecular weight is 464 g/mol. The van der Waals surface area contributed by atoms with E-state index in [-0.39, 0.29) is 5.91 Å². The van der Waals surface area contributed by atoms with Crippen molar-refractivity contribution < 1.29 is 23.5 Å². The molecule has 1 saturated heterocycles. The second-order valence-corrected chi connectivity index (χ2v) is 8.10. The Morgan fingerprint density at radius 3 is 2.59 bits per heavy atom. The van der Waals surface area contributed by atoms with Crippen molar-refractivity contribution in [3.8, 4) is 11.4 Å². The summed E-state index contributed by atoms with van der Waals surface area (Å²) >= 11 is 0. The highest BCUT2D eigenvalue weighted by atomic mass is 19.1. The SMILES string of the molecule is COC(=O)C(c1ccc(F)cc1)N1CCCC(=Cc2ccc(-n3cnc(C)c3)c(OC)c2)C1=O. The first kappa shape index (κ1) is 23.2. The van der Waals surface area contributed by atoms with Crippen LogP contribution in [0.5, 0.6) is 5.75 Å². The number of hydrogen-bond donors (Lipinski definition) is 0. The van der Waals surface area contributed by atoms with Gasteiger partial charge in [0.2, 0.25) is 0 Å². The number of rotatable bonds is 6. The van der Waals surface area contributed by atoms with Crippen molar-refractivity contribution in [2.45, 2.75) is 25.8 Å². The molecule has 2 aromatic carbocycles. The molecule has 34 heavy (non-hydrogen) atoms. The first-order valence-corrected chi connectivity index (χ1v) is 10.9. The highest BCUT2D eigenvalue weighted by Gasteiger charge is 2.35. The maximum absolute atomic E-state index is 13.4. The van der Waals surface area contributed by atoms with E-state index in [0.29, 0.717) is 36.3 Å². The van der Waals surface area contributed by atoms with Gasteiger partial charge in [0, 0.05) is 18.3 Å². The number of amides is 1. The Morgan fingerprint density at radius 1 is 1.18 bits per heavy atom. The van der Waals surface area contributed by atoms with E-state index >= 15 is 0 Å². The number of halogens is 1. The quantitative estimate of drug-likeness (QED) is 0.404. The topological polar surface area (TPSA) is 73.7 Å². The zero-order valence-electron chi connectivity index (χ0n) is 19.3. The van der Waals surface area contributed by atoms with Crippen molar-refractivity contribution in [2.24, 2.45) is 0 Å².